The minimum absolute atomic E-state index is 0.0462. The summed E-state index contributed by atoms with van der Waals surface area (Å²) in [5.41, 5.74) is 0.795. The van der Waals surface area contributed by atoms with E-state index in [1.165, 1.54) is 28.6 Å². The fourth-order valence-corrected chi connectivity index (χ4v) is 3.80. The summed E-state index contributed by atoms with van der Waals surface area (Å²) in [7, 11) is -3.78. The summed E-state index contributed by atoms with van der Waals surface area (Å²) in [5, 5.41) is 11.3. The van der Waals surface area contributed by atoms with Gasteiger partial charge in [-0.15, -0.1) is 0 Å². The first-order valence-electron chi connectivity index (χ1n) is 7.57. The van der Waals surface area contributed by atoms with Crippen LogP contribution in [0.5, 0.6) is 0 Å². The lowest BCUT2D eigenvalue weighted by Crippen LogP contribution is -2.31. The number of sulfonamides is 1. The van der Waals surface area contributed by atoms with Crippen molar-refractivity contribution in [3.05, 3.63) is 60.2 Å². The second-order valence-corrected chi connectivity index (χ2v) is 6.87. The van der Waals surface area contributed by atoms with Crippen LogP contribution >= 0.6 is 0 Å². The van der Waals surface area contributed by atoms with E-state index in [9.17, 15) is 13.2 Å². The predicted octanol–water partition coefficient (Wildman–Crippen LogP) is 1.62. The molecule has 0 heterocycles. The number of hydrogen-bond donors (Lipinski definition) is 2. The molecule has 1 amide bonds. The van der Waals surface area contributed by atoms with E-state index in [0.29, 0.717) is 5.69 Å². The third-order valence-electron chi connectivity index (χ3n) is 3.41. The van der Waals surface area contributed by atoms with E-state index < -0.39 is 15.9 Å². The SMILES string of the molecule is CCN(c1ccccc1)S(=O)(=O)c1cccc(C(=O)NCCO)c1. The second-order valence-electron chi connectivity index (χ2n) is 5.01. The Hall–Kier alpha value is -2.38. The number of amides is 1. The zero-order chi connectivity index (χ0) is 17.6. The number of rotatable bonds is 7. The van der Waals surface area contributed by atoms with E-state index in [2.05, 4.69) is 5.32 Å². The van der Waals surface area contributed by atoms with Crippen molar-refractivity contribution in [2.45, 2.75) is 11.8 Å². The molecule has 2 aromatic carbocycles. The van der Waals surface area contributed by atoms with E-state index in [1.807, 2.05) is 6.07 Å². The Bertz CT molecular complexity index is 791. The van der Waals surface area contributed by atoms with Crippen molar-refractivity contribution >= 4 is 21.6 Å². The summed E-state index contributed by atoms with van der Waals surface area (Å²) >= 11 is 0. The van der Waals surface area contributed by atoms with Crippen LogP contribution in [-0.2, 0) is 10.0 Å². The monoisotopic (exact) mass is 348 g/mol. The molecule has 0 bridgehead atoms. The Kier molecular flexibility index (Phi) is 5.94. The number of aliphatic hydroxyl groups is 1. The van der Waals surface area contributed by atoms with Crippen molar-refractivity contribution in [1.82, 2.24) is 5.32 Å². The highest BCUT2D eigenvalue weighted by atomic mass is 32.2. The van der Waals surface area contributed by atoms with E-state index in [1.54, 1.807) is 31.2 Å². The van der Waals surface area contributed by atoms with Crippen LogP contribution < -0.4 is 9.62 Å². The minimum Gasteiger partial charge on any atom is -0.395 e. The standard InChI is InChI=1S/C17H20N2O4S/c1-2-19(15-8-4-3-5-9-15)24(22,23)16-10-6-7-14(13-16)17(21)18-11-12-20/h3-10,13,20H,2,11-12H2,1H3,(H,18,21). The van der Waals surface area contributed by atoms with Crippen LogP contribution in [0.3, 0.4) is 0 Å². The van der Waals surface area contributed by atoms with Gasteiger partial charge in [0.1, 0.15) is 0 Å². The summed E-state index contributed by atoms with van der Waals surface area (Å²) in [6, 6.07) is 14.7. The highest BCUT2D eigenvalue weighted by Gasteiger charge is 2.24. The van der Waals surface area contributed by atoms with Crippen molar-refractivity contribution in [3.63, 3.8) is 0 Å². The molecule has 0 radical (unpaired) electrons. The molecule has 0 aliphatic heterocycles. The van der Waals surface area contributed by atoms with Crippen molar-refractivity contribution < 1.29 is 18.3 Å². The lowest BCUT2D eigenvalue weighted by atomic mass is 10.2. The Morgan fingerprint density at radius 3 is 2.46 bits per heavy atom. The number of nitrogens with zero attached hydrogens (tertiary/aromatic N) is 1. The van der Waals surface area contributed by atoms with Gasteiger partial charge < -0.3 is 10.4 Å². The molecule has 0 saturated carbocycles. The predicted molar refractivity (Wildman–Crippen MR) is 92.5 cm³/mol. The van der Waals surface area contributed by atoms with E-state index in [0.717, 1.165) is 0 Å². The largest absolute Gasteiger partial charge is 0.395 e. The van der Waals surface area contributed by atoms with Gasteiger partial charge in [0.05, 0.1) is 17.2 Å². The highest BCUT2D eigenvalue weighted by molar-refractivity contribution is 7.92. The quantitative estimate of drug-likeness (QED) is 0.796. The molecule has 7 heteroatoms. The number of para-hydroxylation sites is 1. The molecule has 0 aromatic heterocycles. The normalized spacial score (nSPS) is 11.1. The lowest BCUT2D eigenvalue weighted by Gasteiger charge is -2.23. The van der Waals surface area contributed by atoms with Gasteiger partial charge in [0.15, 0.2) is 0 Å². The summed E-state index contributed by atoms with van der Waals surface area (Å²) in [5.74, 6) is -0.427. The molecule has 2 aromatic rings. The van der Waals surface area contributed by atoms with Crippen molar-refractivity contribution in [2.75, 3.05) is 24.0 Å². The molecule has 0 atom stereocenters. The van der Waals surface area contributed by atoms with Gasteiger partial charge >= 0.3 is 0 Å². The van der Waals surface area contributed by atoms with Gasteiger partial charge in [0.2, 0.25) is 0 Å². The Morgan fingerprint density at radius 1 is 1.12 bits per heavy atom. The van der Waals surface area contributed by atoms with E-state index in [-0.39, 0.29) is 30.2 Å². The first-order valence-corrected chi connectivity index (χ1v) is 9.01. The van der Waals surface area contributed by atoms with E-state index >= 15 is 0 Å². The van der Waals surface area contributed by atoms with Crippen LogP contribution in [0.25, 0.3) is 0 Å². The average Bonchev–Trinajstić information content (AvgIpc) is 2.61. The maximum atomic E-state index is 12.9. The first-order chi connectivity index (χ1) is 11.5. The fourth-order valence-electron chi connectivity index (χ4n) is 2.28. The van der Waals surface area contributed by atoms with Crippen molar-refractivity contribution in [3.8, 4) is 0 Å². The molecular formula is C17H20N2O4S. The van der Waals surface area contributed by atoms with Gasteiger partial charge in [-0.1, -0.05) is 24.3 Å². The third kappa shape index (κ3) is 3.93. The molecule has 0 spiro atoms. The third-order valence-corrected chi connectivity index (χ3v) is 5.31. The fraction of sp³-hybridized carbons (Fsp3) is 0.235. The van der Waals surface area contributed by atoms with Gasteiger partial charge in [-0.3, -0.25) is 9.10 Å². The molecular weight excluding hydrogens is 328 g/mol. The topological polar surface area (TPSA) is 86.7 Å². The number of carbonyl (C=O) groups excluding carboxylic acids is 1. The average molecular weight is 348 g/mol. The van der Waals surface area contributed by atoms with Crippen molar-refractivity contribution in [2.24, 2.45) is 0 Å². The highest BCUT2D eigenvalue weighted by Crippen LogP contribution is 2.23. The van der Waals surface area contributed by atoms with Crippen LogP contribution in [0, 0.1) is 0 Å². The lowest BCUT2D eigenvalue weighted by molar-refractivity contribution is 0.0944. The molecule has 6 nitrogen and oxygen atoms in total. The molecule has 0 fully saturated rings. The zero-order valence-corrected chi connectivity index (χ0v) is 14.2. The molecule has 0 saturated heterocycles. The molecule has 0 aliphatic rings. The van der Waals surface area contributed by atoms with E-state index in [4.69, 9.17) is 5.11 Å². The Morgan fingerprint density at radius 2 is 1.83 bits per heavy atom. The van der Waals surface area contributed by atoms with Crippen LogP contribution in [0.2, 0.25) is 0 Å². The van der Waals surface area contributed by atoms with Crippen LogP contribution in [0.15, 0.2) is 59.5 Å². The van der Waals surface area contributed by atoms with Gasteiger partial charge in [0.25, 0.3) is 15.9 Å². The Balaban J connectivity index is 2.37. The van der Waals surface area contributed by atoms with Crippen molar-refractivity contribution in [1.29, 1.82) is 0 Å². The Labute approximate surface area is 141 Å². The summed E-state index contributed by atoms with van der Waals surface area (Å²) in [6.45, 7) is 1.96. The van der Waals surface area contributed by atoms with Crippen LogP contribution in [0.1, 0.15) is 17.3 Å². The van der Waals surface area contributed by atoms with Crippen LogP contribution in [-0.4, -0.2) is 39.1 Å². The minimum atomic E-state index is -3.78. The number of carbonyl (C=O) groups is 1. The molecule has 24 heavy (non-hydrogen) atoms. The number of aliphatic hydroxyl groups excluding tert-OH is 1. The summed E-state index contributed by atoms with van der Waals surface area (Å²) < 4.78 is 27.1. The van der Waals surface area contributed by atoms with Crippen LogP contribution in [0.4, 0.5) is 5.69 Å². The molecule has 2 rings (SSSR count). The maximum Gasteiger partial charge on any atom is 0.264 e. The number of hydrogen-bond acceptors (Lipinski definition) is 4. The molecule has 128 valence electrons. The van der Waals surface area contributed by atoms with Gasteiger partial charge in [-0.2, -0.15) is 0 Å². The first kappa shape index (κ1) is 18.0. The molecule has 2 N–H and O–H groups in total. The molecule has 0 unspecified atom stereocenters. The maximum absolute atomic E-state index is 12.9. The number of benzene rings is 2. The van der Waals surface area contributed by atoms with Gasteiger partial charge in [-0.25, -0.2) is 8.42 Å². The molecule has 0 aliphatic carbocycles. The zero-order valence-electron chi connectivity index (χ0n) is 13.3. The van der Waals surface area contributed by atoms with Gasteiger partial charge in [0, 0.05) is 18.7 Å². The smallest absolute Gasteiger partial charge is 0.264 e. The summed E-state index contributed by atoms with van der Waals surface area (Å²) in [6.07, 6.45) is 0. The number of anilines is 1. The summed E-state index contributed by atoms with van der Waals surface area (Å²) in [4.78, 5) is 12.0. The number of nitrogens with one attached hydrogen (secondary N) is 1. The van der Waals surface area contributed by atoms with Gasteiger partial charge in [-0.05, 0) is 37.3 Å². The second kappa shape index (κ2) is 7.94.